The van der Waals surface area contributed by atoms with Crippen LogP contribution in [0.25, 0.3) is 0 Å². The predicted octanol–water partition coefficient (Wildman–Crippen LogP) is 2.67. The van der Waals surface area contributed by atoms with E-state index in [1.165, 1.54) is 31.4 Å². The molecule has 0 aromatic carbocycles. The zero-order valence-electron chi connectivity index (χ0n) is 8.76. The molecule has 1 saturated heterocycles. The van der Waals surface area contributed by atoms with Gasteiger partial charge in [0.25, 0.3) is 0 Å². The predicted molar refractivity (Wildman–Crippen MR) is 61.1 cm³/mol. The minimum atomic E-state index is 0.559. The van der Waals surface area contributed by atoms with Gasteiger partial charge in [0, 0.05) is 19.0 Å². The van der Waals surface area contributed by atoms with Gasteiger partial charge in [0.2, 0.25) is 0 Å². The van der Waals surface area contributed by atoms with Gasteiger partial charge in [-0.2, -0.15) is 0 Å². The van der Waals surface area contributed by atoms with Gasteiger partial charge in [-0.3, -0.25) is 0 Å². The Balaban J connectivity index is 2.19. The van der Waals surface area contributed by atoms with E-state index >= 15 is 0 Å². The van der Waals surface area contributed by atoms with Gasteiger partial charge in [-0.05, 0) is 23.8 Å². The highest BCUT2D eigenvalue weighted by molar-refractivity contribution is 5.29. The van der Waals surface area contributed by atoms with E-state index in [2.05, 4.69) is 24.6 Å². The van der Waals surface area contributed by atoms with E-state index < -0.39 is 0 Å². The summed E-state index contributed by atoms with van der Waals surface area (Å²) in [5.74, 6) is 0.673. The molecule has 1 heterocycles. The first-order chi connectivity index (χ1) is 6.82. The van der Waals surface area contributed by atoms with Gasteiger partial charge >= 0.3 is 0 Å². The number of allylic oxidation sites excluding steroid dienone is 3. The van der Waals surface area contributed by atoms with Crippen LogP contribution in [-0.4, -0.2) is 13.1 Å². The van der Waals surface area contributed by atoms with E-state index in [1.54, 1.807) is 0 Å². The average Bonchev–Trinajstić information content (AvgIpc) is 2.57. The van der Waals surface area contributed by atoms with Crippen molar-refractivity contribution in [2.75, 3.05) is 13.1 Å². The smallest absolute Gasteiger partial charge is 0.00318 e. The molecule has 1 atom stereocenters. The average molecular weight is 189 g/mol. The van der Waals surface area contributed by atoms with Gasteiger partial charge in [-0.15, -0.1) is 0 Å². The minimum Gasteiger partial charge on any atom is -0.316 e. The minimum absolute atomic E-state index is 0.559. The van der Waals surface area contributed by atoms with Crippen molar-refractivity contribution in [2.24, 2.45) is 11.3 Å². The molecule has 0 bridgehead atoms. The molecule has 1 nitrogen and oxygen atoms in total. The molecule has 14 heavy (non-hydrogen) atoms. The molecule has 0 aromatic heterocycles. The van der Waals surface area contributed by atoms with Crippen LogP contribution in [0.3, 0.4) is 0 Å². The van der Waals surface area contributed by atoms with Crippen LogP contribution in [0.5, 0.6) is 0 Å². The number of hydrogen-bond donors (Lipinski definition) is 1. The van der Waals surface area contributed by atoms with Crippen LogP contribution in [-0.2, 0) is 0 Å². The molecule has 76 valence electrons. The summed E-state index contributed by atoms with van der Waals surface area (Å²) in [5, 5.41) is 3.52. The monoisotopic (exact) mass is 189 g/mol. The molecule has 0 amide bonds. The summed E-state index contributed by atoms with van der Waals surface area (Å²) in [6, 6.07) is 0. The van der Waals surface area contributed by atoms with Crippen LogP contribution in [0, 0.1) is 11.3 Å². The summed E-state index contributed by atoms with van der Waals surface area (Å²) >= 11 is 0. The van der Waals surface area contributed by atoms with E-state index in [9.17, 15) is 0 Å². The summed E-state index contributed by atoms with van der Waals surface area (Å²) in [4.78, 5) is 0. The standard InChI is InChI=1S/C13H19N/c1-3-6-11(4-2)12-9-14-10-13(12)7-5-8-13/h3-4,6,12,14H,1-2,5,7-10H2/b11-6+. The van der Waals surface area contributed by atoms with Crippen molar-refractivity contribution >= 4 is 0 Å². The summed E-state index contributed by atoms with van der Waals surface area (Å²) in [5.41, 5.74) is 1.92. The Hall–Kier alpha value is -0.820. The SMILES string of the molecule is C=C/C=C(\C=C)C1CNCC12CCC2. The Morgan fingerprint density at radius 2 is 2.14 bits per heavy atom. The lowest BCUT2D eigenvalue weighted by Crippen LogP contribution is -2.37. The normalized spacial score (nSPS) is 30.0. The molecular formula is C13H19N. The Bertz CT molecular complexity index is 271. The second-order valence-electron chi connectivity index (χ2n) is 4.51. The lowest BCUT2D eigenvalue weighted by atomic mass is 9.61. The highest BCUT2D eigenvalue weighted by Gasteiger charge is 2.47. The third-order valence-electron chi connectivity index (χ3n) is 3.86. The van der Waals surface area contributed by atoms with E-state index in [1.807, 2.05) is 12.2 Å². The third-order valence-corrected chi connectivity index (χ3v) is 3.86. The quantitative estimate of drug-likeness (QED) is 0.673. The van der Waals surface area contributed by atoms with Crippen molar-refractivity contribution in [3.05, 3.63) is 37.0 Å². The Morgan fingerprint density at radius 1 is 1.36 bits per heavy atom. The topological polar surface area (TPSA) is 12.0 Å². The van der Waals surface area contributed by atoms with Crippen molar-refractivity contribution in [3.8, 4) is 0 Å². The first kappa shape index (κ1) is 9.72. The lowest BCUT2D eigenvalue weighted by Gasteiger charge is -2.43. The van der Waals surface area contributed by atoms with Gasteiger partial charge in [0.15, 0.2) is 0 Å². The van der Waals surface area contributed by atoms with Crippen molar-refractivity contribution in [3.63, 3.8) is 0 Å². The molecule has 2 fully saturated rings. The van der Waals surface area contributed by atoms with Crippen LogP contribution in [0.2, 0.25) is 0 Å². The fraction of sp³-hybridized carbons (Fsp3) is 0.538. The van der Waals surface area contributed by atoms with Gasteiger partial charge in [0.1, 0.15) is 0 Å². The maximum absolute atomic E-state index is 3.90. The van der Waals surface area contributed by atoms with Gasteiger partial charge in [-0.25, -0.2) is 0 Å². The zero-order valence-corrected chi connectivity index (χ0v) is 8.76. The Morgan fingerprint density at radius 3 is 2.64 bits per heavy atom. The van der Waals surface area contributed by atoms with Gasteiger partial charge < -0.3 is 5.32 Å². The van der Waals surface area contributed by atoms with Crippen molar-refractivity contribution in [2.45, 2.75) is 19.3 Å². The van der Waals surface area contributed by atoms with Crippen LogP contribution >= 0.6 is 0 Å². The van der Waals surface area contributed by atoms with E-state index in [0.717, 1.165) is 6.54 Å². The van der Waals surface area contributed by atoms with Crippen molar-refractivity contribution < 1.29 is 0 Å². The molecule has 1 aliphatic carbocycles. The summed E-state index contributed by atoms with van der Waals surface area (Å²) < 4.78 is 0. The largest absolute Gasteiger partial charge is 0.316 e. The van der Waals surface area contributed by atoms with E-state index in [-0.39, 0.29) is 0 Å². The molecule has 1 spiro atoms. The van der Waals surface area contributed by atoms with Gasteiger partial charge in [0.05, 0.1) is 0 Å². The molecule has 1 heteroatoms. The zero-order chi connectivity index (χ0) is 10.0. The summed E-state index contributed by atoms with van der Waals surface area (Å²) in [6.07, 6.45) is 10.2. The fourth-order valence-electron chi connectivity index (χ4n) is 2.90. The number of nitrogens with one attached hydrogen (secondary N) is 1. The van der Waals surface area contributed by atoms with Crippen LogP contribution < -0.4 is 5.32 Å². The van der Waals surface area contributed by atoms with Crippen LogP contribution in [0.15, 0.2) is 37.0 Å². The first-order valence-electron chi connectivity index (χ1n) is 5.48. The third kappa shape index (κ3) is 1.36. The molecule has 1 N–H and O–H groups in total. The molecule has 2 rings (SSSR count). The van der Waals surface area contributed by atoms with E-state index in [4.69, 9.17) is 0 Å². The Labute approximate surface area is 86.6 Å². The van der Waals surface area contributed by atoms with Crippen molar-refractivity contribution in [1.29, 1.82) is 0 Å². The maximum Gasteiger partial charge on any atom is 0.00318 e. The highest BCUT2D eigenvalue weighted by Crippen LogP contribution is 2.51. The molecule has 1 aliphatic heterocycles. The lowest BCUT2D eigenvalue weighted by molar-refractivity contribution is 0.119. The number of hydrogen-bond acceptors (Lipinski definition) is 1. The van der Waals surface area contributed by atoms with Crippen LogP contribution in [0.1, 0.15) is 19.3 Å². The second-order valence-corrected chi connectivity index (χ2v) is 4.51. The maximum atomic E-state index is 3.90. The second kappa shape index (κ2) is 3.74. The fourth-order valence-corrected chi connectivity index (χ4v) is 2.90. The summed E-state index contributed by atoms with van der Waals surface area (Å²) in [6.45, 7) is 9.98. The highest BCUT2D eigenvalue weighted by atomic mass is 14.9. The molecule has 2 aliphatic rings. The van der Waals surface area contributed by atoms with Crippen LogP contribution in [0.4, 0.5) is 0 Å². The number of rotatable bonds is 3. The van der Waals surface area contributed by atoms with Crippen molar-refractivity contribution in [1.82, 2.24) is 5.32 Å². The molecule has 0 aromatic rings. The molecule has 1 saturated carbocycles. The van der Waals surface area contributed by atoms with Gasteiger partial charge in [-0.1, -0.05) is 37.8 Å². The first-order valence-corrected chi connectivity index (χ1v) is 5.48. The molecular weight excluding hydrogens is 170 g/mol. The van der Waals surface area contributed by atoms with E-state index in [0.29, 0.717) is 11.3 Å². The molecule has 0 radical (unpaired) electrons. The summed E-state index contributed by atoms with van der Waals surface area (Å²) in [7, 11) is 0. The Kier molecular flexibility index (Phi) is 2.60. The molecule has 1 unspecified atom stereocenters.